The Morgan fingerprint density at radius 2 is 2.09 bits per heavy atom. The smallest absolute Gasteiger partial charge is 0.141 e. The van der Waals surface area contributed by atoms with E-state index in [1.54, 1.807) is 12.1 Å². The van der Waals surface area contributed by atoms with Crippen molar-refractivity contribution in [3.05, 3.63) is 58.9 Å². The molecule has 1 atom stereocenters. The van der Waals surface area contributed by atoms with Gasteiger partial charge in [0.25, 0.3) is 0 Å². The summed E-state index contributed by atoms with van der Waals surface area (Å²) in [7, 11) is 0. The van der Waals surface area contributed by atoms with E-state index in [1.165, 1.54) is 12.1 Å². The highest BCUT2D eigenvalue weighted by Gasteiger charge is 2.11. The number of hydrogen-bond donors (Lipinski definition) is 2. The van der Waals surface area contributed by atoms with Crippen molar-refractivity contribution in [2.24, 2.45) is 0 Å². The summed E-state index contributed by atoms with van der Waals surface area (Å²) in [5, 5.41) is 21.4. The summed E-state index contributed by atoms with van der Waals surface area (Å²) in [5.41, 5.74) is 2.26. The molecule has 0 radical (unpaired) electrons. The summed E-state index contributed by atoms with van der Waals surface area (Å²) in [4.78, 5) is 0. The van der Waals surface area contributed by atoms with Crippen LogP contribution < -0.4 is 10.1 Å². The predicted molar refractivity (Wildman–Crippen MR) is 86.7 cm³/mol. The van der Waals surface area contributed by atoms with Gasteiger partial charge in [0.1, 0.15) is 17.6 Å². The van der Waals surface area contributed by atoms with Gasteiger partial charge in [0.2, 0.25) is 0 Å². The molecule has 120 valence electrons. The van der Waals surface area contributed by atoms with Gasteiger partial charge < -0.3 is 15.2 Å². The van der Waals surface area contributed by atoms with Crippen molar-refractivity contribution in [2.75, 3.05) is 11.9 Å². The SMILES string of the molecule is CCOc1ccc(NC(C)c2ccc(C#N)c(F)c2)cc1CO. The molecule has 2 N–H and O–H groups in total. The standard InChI is InChI=1S/C18H19FN2O2/c1-3-23-18-7-6-16(8-15(18)11-22)21-12(2)13-4-5-14(10-20)17(19)9-13/h4-9,12,21-22H,3,11H2,1-2H3. The summed E-state index contributed by atoms with van der Waals surface area (Å²) >= 11 is 0. The van der Waals surface area contributed by atoms with E-state index in [1.807, 2.05) is 32.0 Å². The zero-order valence-electron chi connectivity index (χ0n) is 13.1. The molecule has 0 spiro atoms. The molecule has 0 saturated heterocycles. The van der Waals surface area contributed by atoms with Crippen LogP contribution in [0.5, 0.6) is 5.75 Å². The molecule has 0 aromatic heterocycles. The van der Waals surface area contributed by atoms with Crippen molar-refractivity contribution in [1.82, 2.24) is 0 Å². The lowest BCUT2D eigenvalue weighted by Crippen LogP contribution is -2.08. The van der Waals surface area contributed by atoms with E-state index in [4.69, 9.17) is 10.00 Å². The molecule has 0 saturated carbocycles. The number of anilines is 1. The van der Waals surface area contributed by atoms with Gasteiger partial charge in [-0.2, -0.15) is 5.26 Å². The molecule has 2 rings (SSSR count). The Morgan fingerprint density at radius 1 is 1.30 bits per heavy atom. The van der Waals surface area contributed by atoms with Crippen LogP contribution >= 0.6 is 0 Å². The first-order valence-electron chi connectivity index (χ1n) is 7.41. The van der Waals surface area contributed by atoms with Gasteiger partial charge in [-0.15, -0.1) is 0 Å². The molecule has 1 unspecified atom stereocenters. The number of aliphatic hydroxyl groups is 1. The van der Waals surface area contributed by atoms with Crippen molar-refractivity contribution in [3.63, 3.8) is 0 Å². The fraction of sp³-hybridized carbons (Fsp3) is 0.278. The zero-order valence-corrected chi connectivity index (χ0v) is 13.1. The molecular formula is C18H19FN2O2. The quantitative estimate of drug-likeness (QED) is 0.852. The van der Waals surface area contributed by atoms with Crippen LogP contribution in [-0.4, -0.2) is 11.7 Å². The highest BCUT2D eigenvalue weighted by atomic mass is 19.1. The van der Waals surface area contributed by atoms with Crippen LogP contribution in [0.4, 0.5) is 10.1 Å². The molecular weight excluding hydrogens is 295 g/mol. The molecule has 4 nitrogen and oxygen atoms in total. The number of nitriles is 1. The van der Waals surface area contributed by atoms with E-state index >= 15 is 0 Å². The molecule has 5 heteroatoms. The van der Waals surface area contributed by atoms with Gasteiger partial charge in [-0.1, -0.05) is 6.07 Å². The van der Waals surface area contributed by atoms with Gasteiger partial charge in [0.15, 0.2) is 0 Å². The van der Waals surface area contributed by atoms with Crippen LogP contribution in [0, 0.1) is 17.1 Å². The highest BCUT2D eigenvalue weighted by Crippen LogP contribution is 2.26. The number of halogens is 1. The van der Waals surface area contributed by atoms with Gasteiger partial charge in [0, 0.05) is 17.3 Å². The maximum absolute atomic E-state index is 13.7. The normalized spacial score (nSPS) is 11.6. The topological polar surface area (TPSA) is 65.3 Å². The summed E-state index contributed by atoms with van der Waals surface area (Å²) in [6, 6.07) is 11.7. The Kier molecular flexibility index (Phi) is 5.56. The molecule has 23 heavy (non-hydrogen) atoms. The van der Waals surface area contributed by atoms with E-state index in [0.29, 0.717) is 17.9 Å². The minimum absolute atomic E-state index is 0.0320. The first-order chi connectivity index (χ1) is 11.1. The number of nitrogens with zero attached hydrogens (tertiary/aromatic N) is 1. The highest BCUT2D eigenvalue weighted by molar-refractivity contribution is 5.52. The lowest BCUT2D eigenvalue weighted by atomic mass is 10.1. The Bertz CT molecular complexity index is 725. The maximum Gasteiger partial charge on any atom is 0.141 e. The number of benzene rings is 2. The van der Waals surface area contributed by atoms with Crippen molar-refractivity contribution in [2.45, 2.75) is 26.5 Å². The van der Waals surface area contributed by atoms with Crippen LogP contribution in [0.15, 0.2) is 36.4 Å². The second-order valence-electron chi connectivity index (χ2n) is 5.13. The van der Waals surface area contributed by atoms with Crippen LogP contribution in [-0.2, 0) is 6.61 Å². The summed E-state index contributed by atoms with van der Waals surface area (Å²) in [6.07, 6.45) is 0. The monoisotopic (exact) mass is 314 g/mol. The van der Waals surface area contributed by atoms with E-state index in [-0.39, 0.29) is 18.2 Å². The second kappa shape index (κ2) is 7.61. The van der Waals surface area contributed by atoms with E-state index in [0.717, 1.165) is 11.3 Å². The zero-order chi connectivity index (χ0) is 16.8. The molecule has 0 aliphatic rings. The third-order valence-electron chi connectivity index (χ3n) is 3.53. The van der Waals surface area contributed by atoms with E-state index in [2.05, 4.69) is 5.32 Å². The second-order valence-corrected chi connectivity index (χ2v) is 5.13. The van der Waals surface area contributed by atoms with Gasteiger partial charge in [-0.25, -0.2) is 4.39 Å². The first kappa shape index (κ1) is 16.8. The summed E-state index contributed by atoms with van der Waals surface area (Å²) < 4.78 is 19.2. The van der Waals surface area contributed by atoms with E-state index < -0.39 is 5.82 Å². The van der Waals surface area contributed by atoms with Crippen LogP contribution in [0.3, 0.4) is 0 Å². The molecule has 0 fully saturated rings. The molecule has 0 amide bonds. The minimum atomic E-state index is -0.526. The summed E-state index contributed by atoms with van der Waals surface area (Å²) in [6.45, 7) is 4.19. The maximum atomic E-state index is 13.7. The average molecular weight is 314 g/mol. The fourth-order valence-electron chi connectivity index (χ4n) is 2.31. The van der Waals surface area contributed by atoms with E-state index in [9.17, 15) is 9.50 Å². The molecule has 0 aliphatic heterocycles. The van der Waals surface area contributed by atoms with Crippen LogP contribution in [0.25, 0.3) is 0 Å². The number of hydrogen-bond acceptors (Lipinski definition) is 4. The third-order valence-corrected chi connectivity index (χ3v) is 3.53. The number of aliphatic hydroxyl groups excluding tert-OH is 1. The third kappa shape index (κ3) is 3.99. The van der Waals surface area contributed by atoms with Crippen LogP contribution in [0.2, 0.25) is 0 Å². The average Bonchev–Trinajstić information content (AvgIpc) is 2.56. The van der Waals surface area contributed by atoms with Crippen LogP contribution in [0.1, 0.15) is 36.6 Å². The number of nitrogens with one attached hydrogen (secondary N) is 1. The van der Waals surface area contributed by atoms with Gasteiger partial charge >= 0.3 is 0 Å². The lowest BCUT2D eigenvalue weighted by Gasteiger charge is -2.18. The Balaban J connectivity index is 2.18. The Labute approximate surface area is 135 Å². The largest absolute Gasteiger partial charge is 0.494 e. The Morgan fingerprint density at radius 3 is 2.70 bits per heavy atom. The van der Waals surface area contributed by atoms with Crippen molar-refractivity contribution in [3.8, 4) is 11.8 Å². The van der Waals surface area contributed by atoms with Crippen molar-refractivity contribution in [1.29, 1.82) is 5.26 Å². The molecule has 2 aromatic rings. The number of ether oxygens (including phenoxy) is 1. The minimum Gasteiger partial charge on any atom is -0.494 e. The first-order valence-corrected chi connectivity index (χ1v) is 7.41. The van der Waals surface area contributed by atoms with Gasteiger partial charge in [-0.3, -0.25) is 0 Å². The fourth-order valence-corrected chi connectivity index (χ4v) is 2.31. The molecule has 0 heterocycles. The number of rotatable bonds is 6. The summed E-state index contributed by atoms with van der Waals surface area (Å²) in [5.74, 6) is 0.124. The van der Waals surface area contributed by atoms with Gasteiger partial charge in [-0.05, 0) is 49.7 Å². The van der Waals surface area contributed by atoms with Crippen molar-refractivity contribution >= 4 is 5.69 Å². The van der Waals surface area contributed by atoms with Crippen molar-refractivity contribution < 1.29 is 14.2 Å². The Hall–Kier alpha value is -2.58. The van der Waals surface area contributed by atoms with Gasteiger partial charge in [0.05, 0.1) is 18.8 Å². The molecule has 0 bridgehead atoms. The molecule has 2 aromatic carbocycles. The predicted octanol–water partition coefficient (Wildman–Crippen LogP) is 3.76. The molecule has 0 aliphatic carbocycles. The lowest BCUT2D eigenvalue weighted by molar-refractivity contribution is 0.267.